The largest absolute Gasteiger partial charge is 0.101 e. The Bertz CT molecular complexity index is 165. The molecule has 46 valence electrons. The average Bonchev–Trinajstić information content (AvgIpc) is 1.67. The van der Waals surface area contributed by atoms with E-state index in [1.54, 1.807) is 0 Å². The van der Waals surface area contributed by atoms with E-state index in [2.05, 4.69) is 51.2 Å². The van der Waals surface area contributed by atoms with E-state index in [4.69, 9.17) is 23.6 Å². The zero-order valence-corrected chi connectivity index (χ0v) is 11.4. The van der Waals surface area contributed by atoms with Crippen molar-refractivity contribution in [1.82, 2.24) is 0 Å². The SMILES string of the molecule is C=C(I)P(=S)(I)P=S. The minimum absolute atomic E-state index is 0.889. The molecule has 1 atom stereocenters. The topological polar surface area (TPSA) is 0 Å². The van der Waals surface area contributed by atoms with Crippen molar-refractivity contribution in [2.24, 2.45) is 0 Å². The van der Waals surface area contributed by atoms with E-state index < -0.39 is 3.37 Å². The molecule has 0 fully saturated rings. The Morgan fingerprint density at radius 1 is 1.75 bits per heavy atom. The highest BCUT2D eigenvalue weighted by Crippen LogP contribution is 2.73. The lowest BCUT2D eigenvalue weighted by Crippen LogP contribution is -1.49. The molecule has 8 heavy (non-hydrogen) atoms. The fourth-order valence-electron chi connectivity index (χ4n) is 0.0443. The summed E-state index contributed by atoms with van der Waals surface area (Å²) in [5.41, 5.74) is 0. The molecular formula is C2H2I2P2S2. The Hall–Kier alpha value is 2.37. The average molecular weight is 406 g/mol. The standard InChI is InChI=1S/C2H2I2P2S2/c1-2(3)6(4,8)5-7/h1H2. The fourth-order valence-corrected chi connectivity index (χ4v) is 3.57. The Morgan fingerprint density at radius 3 is 2.12 bits per heavy atom. The molecule has 0 aliphatic carbocycles. The van der Waals surface area contributed by atoms with Crippen LogP contribution in [0.2, 0.25) is 0 Å². The molecule has 0 aliphatic rings. The molecule has 0 amide bonds. The van der Waals surface area contributed by atoms with E-state index in [-0.39, 0.29) is 0 Å². The monoisotopic (exact) mass is 406 g/mol. The van der Waals surface area contributed by atoms with Gasteiger partial charge in [0.1, 0.15) is 3.37 Å². The van der Waals surface area contributed by atoms with Crippen molar-refractivity contribution < 1.29 is 0 Å². The molecule has 0 aromatic heterocycles. The minimum atomic E-state index is -1.36. The van der Waals surface area contributed by atoms with Gasteiger partial charge >= 0.3 is 0 Å². The lowest BCUT2D eigenvalue weighted by molar-refractivity contribution is 2.61. The van der Waals surface area contributed by atoms with Crippen molar-refractivity contribution in [2.45, 2.75) is 0 Å². The Labute approximate surface area is 87.2 Å². The second-order valence-electron chi connectivity index (χ2n) is 0.960. The van der Waals surface area contributed by atoms with Crippen LogP contribution in [0.5, 0.6) is 0 Å². The molecule has 6 heteroatoms. The van der Waals surface area contributed by atoms with Gasteiger partial charge in [-0.1, -0.05) is 30.2 Å². The first kappa shape index (κ1) is 10.4. The van der Waals surface area contributed by atoms with Crippen LogP contribution in [0.15, 0.2) is 9.90 Å². The number of rotatable bonds is 2. The summed E-state index contributed by atoms with van der Waals surface area (Å²) in [7, 11) is 0.889. The van der Waals surface area contributed by atoms with Gasteiger partial charge in [0.25, 0.3) is 0 Å². The van der Waals surface area contributed by atoms with Gasteiger partial charge in [-0.05, 0) is 44.6 Å². The summed E-state index contributed by atoms with van der Waals surface area (Å²) >= 11 is 14.3. The Morgan fingerprint density at radius 2 is 2.12 bits per heavy atom. The van der Waals surface area contributed by atoms with Crippen molar-refractivity contribution in [3.8, 4) is 0 Å². The lowest BCUT2D eigenvalue weighted by atomic mass is 11.3. The number of halogens is 2. The van der Waals surface area contributed by atoms with Gasteiger partial charge in [0, 0.05) is 10.4 Å². The molecule has 0 saturated carbocycles. The van der Waals surface area contributed by atoms with Crippen molar-refractivity contribution >= 4 is 78.7 Å². The third-order valence-electron chi connectivity index (χ3n) is 0.404. The highest BCUT2D eigenvalue weighted by Gasteiger charge is 2.09. The summed E-state index contributed by atoms with van der Waals surface area (Å²) in [5, 5.41) is 0. The molecule has 0 radical (unpaired) electrons. The molecule has 0 aromatic carbocycles. The normalized spacial score (nSPS) is 17.8. The molecule has 0 nitrogen and oxygen atoms in total. The maximum atomic E-state index is 5.14. The van der Waals surface area contributed by atoms with Gasteiger partial charge in [-0.3, -0.25) is 0 Å². The third kappa shape index (κ3) is 3.52. The van der Waals surface area contributed by atoms with Crippen LogP contribution >= 0.6 is 55.0 Å². The molecule has 0 heterocycles. The molecule has 0 saturated heterocycles. The van der Waals surface area contributed by atoms with Gasteiger partial charge in [0.05, 0.1) is 0 Å². The summed E-state index contributed by atoms with van der Waals surface area (Å²) < 4.78 is -0.319. The number of hydrogen-bond acceptors (Lipinski definition) is 2. The first-order chi connectivity index (χ1) is 3.50. The van der Waals surface area contributed by atoms with Crippen LogP contribution in [0.1, 0.15) is 0 Å². The van der Waals surface area contributed by atoms with E-state index in [1.807, 2.05) is 0 Å². The van der Waals surface area contributed by atoms with E-state index in [0.29, 0.717) is 0 Å². The van der Waals surface area contributed by atoms with Crippen LogP contribution in [-0.4, -0.2) is 0 Å². The van der Waals surface area contributed by atoms with E-state index in [1.165, 1.54) is 0 Å². The zero-order chi connectivity index (χ0) is 6.78. The molecule has 0 aliphatic heterocycles. The molecule has 1 unspecified atom stereocenters. The van der Waals surface area contributed by atoms with Gasteiger partial charge in [0.15, 0.2) is 0 Å². The van der Waals surface area contributed by atoms with Gasteiger partial charge in [-0.25, -0.2) is 0 Å². The summed E-state index contributed by atoms with van der Waals surface area (Å²) in [6.45, 7) is 3.75. The van der Waals surface area contributed by atoms with Crippen LogP contribution in [-0.2, 0) is 23.6 Å². The fraction of sp³-hybridized carbons (Fsp3) is 0. The molecular weight excluding hydrogens is 404 g/mol. The van der Waals surface area contributed by atoms with Gasteiger partial charge < -0.3 is 0 Å². The summed E-state index contributed by atoms with van der Waals surface area (Å²) in [6.07, 6.45) is 0. The molecule has 0 N–H and O–H groups in total. The predicted molar refractivity (Wildman–Crippen MR) is 65.8 cm³/mol. The molecule has 0 aromatic rings. The Kier molecular flexibility index (Phi) is 5.56. The lowest BCUT2D eigenvalue weighted by Gasteiger charge is -2.01. The highest BCUT2D eigenvalue weighted by molar-refractivity contribution is 14.2. The summed E-state index contributed by atoms with van der Waals surface area (Å²) in [6, 6.07) is 0. The predicted octanol–water partition coefficient (Wildman–Crippen LogP) is 4.05. The van der Waals surface area contributed by atoms with Gasteiger partial charge in [0.2, 0.25) is 0 Å². The maximum absolute atomic E-state index is 5.14. The van der Waals surface area contributed by atoms with Crippen molar-refractivity contribution in [3.63, 3.8) is 0 Å². The van der Waals surface area contributed by atoms with Crippen molar-refractivity contribution in [3.05, 3.63) is 9.90 Å². The molecule has 0 rings (SSSR count). The van der Waals surface area contributed by atoms with E-state index in [9.17, 15) is 0 Å². The first-order valence-electron chi connectivity index (χ1n) is 1.50. The molecule has 0 spiro atoms. The van der Waals surface area contributed by atoms with E-state index in [0.717, 1.165) is 10.4 Å². The second kappa shape index (κ2) is 4.29. The van der Waals surface area contributed by atoms with Gasteiger partial charge in [-0.15, -0.1) is 0 Å². The zero-order valence-electron chi connectivity index (χ0n) is 3.67. The van der Waals surface area contributed by atoms with Crippen LogP contribution in [0.25, 0.3) is 0 Å². The van der Waals surface area contributed by atoms with E-state index >= 15 is 0 Å². The number of hydrogen-bond donors (Lipinski definition) is 0. The summed E-state index contributed by atoms with van der Waals surface area (Å²) in [5.74, 6) is 0. The smallest absolute Gasteiger partial charge is 0.0830 e. The third-order valence-corrected chi connectivity index (χ3v) is 20.5. The van der Waals surface area contributed by atoms with Gasteiger partial charge in [-0.2, -0.15) is 0 Å². The quantitative estimate of drug-likeness (QED) is 0.502. The maximum Gasteiger partial charge on any atom is 0.101 e. The first-order valence-corrected chi connectivity index (χ1v) is 10.8. The highest BCUT2D eigenvalue weighted by atomic mass is 127. The van der Waals surface area contributed by atoms with Crippen LogP contribution in [0, 0.1) is 0 Å². The minimum Gasteiger partial charge on any atom is -0.0830 e. The van der Waals surface area contributed by atoms with Crippen LogP contribution < -0.4 is 0 Å². The summed E-state index contributed by atoms with van der Waals surface area (Å²) in [4.78, 5) is 0. The van der Waals surface area contributed by atoms with Crippen LogP contribution in [0.3, 0.4) is 0 Å². The van der Waals surface area contributed by atoms with Crippen LogP contribution in [0.4, 0.5) is 0 Å². The Balaban J connectivity index is 4.38. The molecule has 0 bridgehead atoms. The van der Waals surface area contributed by atoms with Crippen molar-refractivity contribution in [1.29, 1.82) is 0 Å². The van der Waals surface area contributed by atoms with Crippen molar-refractivity contribution in [2.75, 3.05) is 0 Å². The second-order valence-corrected chi connectivity index (χ2v) is 19.6.